The molecule has 182 valence electrons. The van der Waals surface area contributed by atoms with E-state index < -0.39 is 0 Å². The van der Waals surface area contributed by atoms with Crippen molar-refractivity contribution in [3.05, 3.63) is 76.1 Å². The summed E-state index contributed by atoms with van der Waals surface area (Å²) in [6.45, 7) is 4.03. The van der Waals surface area contributed by atoms with Gasteiger partial charge < -0.3 is 14.5 Å². The number of amides is 2. The van der Waals surface area contributed by atoms with Crippen LogP contribution in [0.1, 0.15) is 45.9 Å². The Kier molecular flexibility index (Phi) is 6.52. The lowest BCUT2D eigenvalue weighted by Crippen LogP contribution is -2.51. The van der Waals surface area contributed by atoms with Crippen LogP contribution in [0, 0.1) is 6.92 Å². The van der Waals surface area contributed by atoms with Crippen LogP contribution in [0.2, 0.25) is 5.02 Å². The third-order valence-corrected chi connectivity index (χ3v) is 7.22. The van der Waals surface area contributed by atoms with Gasteiger partial charge in [-0.3, -0.25) is 9.59 Å². The molecule has 2 amide bonds. The maximum atomic E-state index is 13.5. The summed E-state index contributed by atoms with van der Waals surface area (Å²) in [6.07, 6.45) is 4.11. The maximum absolute atomic E-state index is 13.5. The van der Waals surface area contributed by atoms with Crippen LogP contribution in [0.3, 0.4) is 0 Å². The minimum absolute atomic E-state index is 0.0174. The maximum Gasteiger partial charge on any atom is 0.257 e. The Morgan fingerprint density at radius 2 is 1.80 bits per heavy atom. The normalized spacial score (nSPS) is 15.9. The molecule has 1 aliphatic heterocycles. The minimum atomic E-state index is -0.0174. The fourth-order valence-corrected chi connectivity index (χ4v) is 4.76. The lowest BCUT2D eigenvalue weighted by molar-refractivity contribution is -0.131. The first kappa shape index (κ1) is 23.4. The summed E-state index contributed by atoms with van der Waals surface area (Å²) in [4.78, 5) is 30.0. The summed E-state index contributed by atoms with van der Waals surface area (Å²) in [7, 11) is 1.62. The predicted molar refractivity (Wildman–Crippen MR) is 134 cm³/mol. The lowest BCUT2D eigenvalue weighted by atomic mass is 10.1. The molecule has 2 fully saturated rings. The number of ether oxygens (including phenoxy) is 1. The largest absolute Gasteiger partial charge is 0.497 e. The molecular weight excluding hydrogens is 464 g/mol. The van der Waals surface area contributed by atoms with Crippen molar-refractivity contribution < 1.29 is 14.3 Å². The summed E-state index contributed by atoms with van der Waals surface area (Å²) in [5, 5.41) is 5.26. The number of nitrogens with zero attached hydrogens (tertiary/aromatic N) is 4. The van der Waals surface area contributed by atoms with Gasteiger partial charge in [-0.05, 0) is 55.2 Å². The first-order valence-corrected chi connectivity index (χ1v) is 12.4. The highest BCUT2D eigenvalue weighted by Gasteiger charge is 2.35. The molecule has 0 radical (unpaired) electrons. The van der Waals surface area contributed by atoms with Crippen molar-refractivity contribution in [1.82, 2.24) is 19.6 Å². The monoisotopic (exact) mass is 492 g/mol. The average molecular weight is 493 g/mol. The summed E-state index contributed by atoms with van der Waals surface area (Å²) in [5.41, 5.74) is 4.41. The van der Waals surface area contributed by atoms with Crippen LogP contribution in [0.25, 0.3) is 5.69 Å². The zero-order valence-corrected chi connectivity index (χ0v) is 20.8. The average Bonchev–Trinajstić information content (AvgIpc) is 3.63. The molecule has 35 heavy (non-hydrogen) atoms. The molecule has 0 N–H and O–H groups in total. The van der Waals surface area contributed by atoms with Gasteiger partial charge in [-0.25, -0.2) is 4.68 Å². The van der Waals surface area contributed by atoms with Crippen LogP contribution < -0.4 is 4.74 Å². The smallest absolute Gasteiger partial charge is 0.257 e. The lowest BCUT2D eigenvalue weighted by Gasteiger charge is -2.35. The third kappa shape index (κ3) is 4.91. The number of rotatable bonds is 6. The van der Waals surface area contributed by atoms with E-state index >= 15 is 0 Å². The van der Waals surface area contributed by atoms with Crippen molar-refractivity contribution >= 4 is 23.4 Å². The molecule has 3 aromatic rings. The van der Waals surface area contributed by atoms with Gasteiger partial charge in [0.25, 0.3) is 5.91 Å². The Morgan fingerprint density at radius 1 is 1.06 bits per heavy atom. The molecule has 0 unspecified atom stereocenters. The van der Waals surface area contributed by atoms with E-state index in [0.717, 1.165) is 41.1 Å². The highest BCUT2D eigenvalue weighted by Crippen LogP contribution is 2.43. The fourth-order valence-electron chi connectivity index (χ4n) is 4.59. The molecule has 1 aliphatic carbocycles. The third-order valence-electron chi connectivity index (χ3n) is 6.81. The number of aryl methyl sites for hydroxylation is 1. The predicted octanol–water partition coefficient (Wildman–Crippen LogP) is 4.25. The zero-order valence-electron chi connectivity index (χ0n) is 20.0. The molecule has 0 spiro atoms. The van der Waals surface area contributed by atoms with Gasteiger partial charge in [0.15, 0.2) is 0 Å². The molecule has 5 rings (SSSR count). The fraction of sp³-hybridized carbons (Fsp3) is 0.370. The van der Waals surface area contributed by atoms with E-state index in [2.05, 4.69) is 5.10 Å². The van der Waals surface area contributed by atoms with Gasteiger partial charge in [0, 0.05) is 37.1 Å². The minimum Gasteiger partial charge on any atom is -0.497 e. The van der Waals surface area contributed by atoms with Crippen LogP contribution in [-0.2, 0) is 11.2 Å². The second-order valence-electron chi connectivity index (χ2n) is 9.26. The van der Waals surface area contributed by atoms with Crippen LogP contribution in [0.4, 0.5) is 0 Å². The zero-order chi connectivity index (χ0) is 24.5. The van der Waals surface area contributed by atoms with E-state index in [4.69, 9.17) is 16.3 Å². The molecule has 0 atom stereocenters. The van der Waals surface area contributed by atoms with Crippen LogP contribution >= 0.6 is 11.6 Å². The second kappa shape index (κ2) is 9.74. The second-order valence-corrected chi connectivity index (χ2v) is 9.67. The first-order valence-electron chi connectivity index (χ1n) is 12.0. The van der Waals surface area contributed by atoms with Crippen LogP contribution in [0.5, 0.6) is 5.75 Å². The van der Waals surface area contributed by atoms with E-state index in [1.54, 1.807) is 13.3 Å². The van der Waals surface area contributed by atoms with E-state index in [0.29, 0.717) is 49.1 Å². The molecule has 1 aromatic heterocycles. The number of hydrogen-bond acceptors (Lipinski definition) is 4. The summed E-state index contributed by atoms with van der Waals surface area (Å²) >= 11 is 6.35. The molecule has 0 bridgehead atoms. The van der Waals surface area contributed by atoms with Gasteiger partial charge >= 0.3 is 0 Å². The van der Waals surface area contributed by atoms with E-state index in [1.165, 1.54) is 0 Å². The number of hydrogen-bond donors (Lipinski definition) is 0. The molecule has 1 saturated heterocycles. The number of methoxy groups -OCH3 is 1. The number of carbonyl (C=O) groups excluding carboxylic acids is 2. The molecule has 7 nitrogen and oxygen atoms in total. The summed E-state index contributed by atoms with van der Waals surface area (Å²) < 4.78 is 7.12. The summed E-state index contributed by atoms with van der Waals surface area (Å²) in [6, 6.07) is 13.4. The van der Waals surface area contributed by atoms with Gasteiger partial charge in [-0.1, -0.05) is 29.8 Å². The standard InChI is InChI=1S/C27H29ClN4O3/c1-18-6-9-21(16-24(18)28)32-26(20-7-8-20)23(17-29-32)27(34)31-12-10-30(11-13-31)25(33)15-19-4-3-5-22(14-19)35-2/h3-6,9,14,16-17,20H,7-8,10-13,15H2,1-2H3. The molecule has 2 aromatic carbocycles. The Bertz CT molecular complexity index is 1260. The van der Waals surface area contributed by atoms with Crippen molar-refractivity contribution in [3.63, 3.8) is 0 Å². The van der Waals surface area contributed by atoms with Crippen molar-refractivity contribution in [2.75, 3.05) is 33.3 Å². The quantitative estimate of drug-likeness (QED) is 0.516. The van der Waals surface area contributed by atoms with Gasteiger partial charge in [0.1, 0.15) is 5.75 Å². The number of piperazine rings is 1. The Morgan fingerprint density at radius 3 is 2.49 bits per heavy atom. The summed E-state index contributed by atoms with van der Waals surface area (Å²) in [5.74, 6) is 1.12. The van der Waals surface area contributed by atoms with Crippen LogP contribution in [-0.4, -0.2) is 64.7 Å². The number of aromatic nitrogens is 2. The van der Waals surface area contributed by atoms with Gasteiger partial charge in [0.2, 0.25) is 5.91 Å². The van der Waals surface area contributed by atoms with Gasteiger partial charge in [0.05, 0.1) is 36.7 Å². The number of benzene rings is 2. The van der Waals surface area contributed by atoms with E-state index in [-0.39, 0.29) is 11.8 Å². The molecule has 8 heteroatoms. The molecule has 1 saturated carbocycles. The van der Waals surface area contributed by atoms with E-state index in [1.807, 2.05) is 63.9 Å². The number of halogens is 1. The number of carbonyl (C=O) groups is 2. The van der Waals surface area contributed by atoms with Crippen molar-refractivity contribution in [3.8, 4) is 11.4 Å². The molecular formula is C27H29ClN4O3. The highest BCUT2D eigenvalue weighted by atomic mass is 35.5. The topological polar surface area (TPSA) is 67.7 Å². The van der Waals surface area contributed by atoms with Crippen LogP contribution in [0.15, 0.2) is 48.7 Å². The van der Waals surface area contributed by atoms with Crippen molar-refractivity contribution in [2.24, 2.45) is 0 Å². The van der Waals surface area contributed by atoms with Crippen molar-refractivity contribution in [1.29, 1.82) is 0 Å². The SMILES string of the molecule is COc1cccc(CC(=O)N2CCN(C(=O)c3cnn(-c4ccc(C)c(Cl)c4)c3C3CC3)CC2)c1. The van der Waals surface area contributed by atoms with Gasteiger partial charge in [-0.2, -0.15) is 5.10 Å². The Hall–Kier alpha value is -3.32. The van der Waals surface area contributed by atoms with E-state index in [9.17, 15) is 9.59 Å². The first-order chi connectivity index (χ1) is 16.9. The Labute approximate surface area is 210 Å². The molecule has 2 aliphatic rings. The highest BCUT2D eigenvalue weighted by molar-refractivity contribution is 6.31. The van der Waals surface area contributed by atoms with Gasteiger partial charge in [-0.15, -0.1) is 0 Å². The van der Waals surface area contributed by atoms with Crippen molar-refractivity contribution in [2.45, 2.75) is 32.1 Å². The molecule has 2 heterocycles. The Balaban J connectivity index is 1.27.